The molecule has 0 spiro atoms. The van der Waals surface area contributed by atoms with E-state index in [-0.39, 0.29) is 12.8 Å². The van der Waals surface area contributed by atoms with Crippen molar-refractivity contribution in [3.63, 3.8) is 0 Å². The number of aliphatic hydroxyl groups excluding tert-OH is 3. The summed E-state index contributed by atoms with van der Waals surface area (Å²) in [5.74, 6) is -1.05. The van der Waals surface area contributed by atoms with Crippen LogP contribution in [0.2, 0.25) is 0 Å². The van der Waals surface area contributed by atoms with Crippen molar-refractivity contribution < 1.29 is 71.4 Å². The van der Waals surface area contributed by atoms with Crippen LogP contribution in [-0.2, 0) is 46.3 Å². The van der Waals surface area contributed by atoms with Gasteiger partial charge in [-0.3, -0.25) is 27.7 Å². The molecule has 0 aliphatic carbocycles. The fourth-order valence-corrected chi connectivity index (χ4v) is 7.55. The Labute approximate surface area is 420 Å². The molecule has 0 saturated carbocycles. The molecule has 0 aromatic carbocycles. The molecular formula is C53H88O15P2. The van der Waals surface area contributed by atoms with Crippen LogP contribution in [-0.4, -0.2) is 95.0 Å². The number of hydrogen-bond donors (Lipinski definition) is 5. The summed E-state index contributed by atoms with van der Waals surface area (Å²) in [6.07, 6.45) is 53.5. The molecule has 17 heteroatoms. The minimum Gasteiger partial charge on any atom is -0.463 e. The van der Waals surface area contributed by atoms with Gasteiger partial charge in [-0.1, -0.05) is 181 Å². The highest BCUT2D eigenvalue weighted by atomic mass is 31.2. The fourth-order valence-electron chi connectivity index (χ4n) is 5.96. The van der Waals surface area contributed by atoms with Crippen molar-refractivity contribution in [2.45, 2.75) is 173 Å². The van der Waals surface area contributed by atoms with Crippen molar-refractivity contribution >= 4 is 27.6 Å². The molecule has 0 aromatic rings. The molecule has 0 fully saturated rings. The third kappa shape index (κ3) is 49.7. The Kier molecular flexibility index (Phi) is 45.7. The molecular weight excluding hydrogens is 939 g/mol. The second-order valence-corrected chi connectivity index (χ2v) is 19.5. The molecule has 0 aliphatic heterocycles. The molecule has 5 unspecified atom stereocenters. The minimum atomic E-state index is -4.81. The molecule has 0 amide bonds. The monoisotopic (exact) mass is 1030 g/mol. The Morgan fingerprint density at radius 2 is 0.714 bits per heavy atom. The number of aliphatic hydroxyl groups is 3. The van der Waals surface area contributed by atoms with Gasteiger partial charge in [0.1, 0.15) is 31.5 Å². The zero-order valence-corrected chi connectivity index (χ0v) is 43.9. The third-order valence-corrected chi connectivity index (χ3v) is 11.8. The second kappa shape index (κ2) is 48.0. The SMILES string of the molecule is CC\C=C/C=C/C=C/C=C\C=C\C=C\CCCCCC(=O)OCC(O)COP(=O)(O)OCC(O)COP(=O)(O)OCC(O)COC(=O)CCCCCCCCCC/C=C\C/C=C\C/C=C\CCCCC. The molecule has 0 bridgehead atoms. The molecule has 5 atom stereocenters. The van der Waals surface area contributed by atoms with E-state index in [2.05, 4.69) is 74.5 Å². The third-order valence-electron chi connectivity index (χ3n) is 9.87. The van der Waals surface area contributed by atoms with Crippen LogP contribution >= 0.6 is 15.6 Å². The Balaban J connectivity index is 3.94. The molecule has 0 rings (SSSR count). The molecule has 0 saturated heterocycles. The predicted octanol–water partition coefficient (Wildman–Crippen LogP) is 12.1. The van der Waals surface area contributed by atoms with Gasteiger partial charge < -0.3 is 34.6 Å². The van der Waals surface area contributed by atoms with Crippen molar-refractivity contribution in [2.24, 2.45) is 0 Å². The molecule has 70 heavy (non-hydrogen) atoms. The number of carbonyl (C=O) groups excluding carboxylic acids is 2. The van der Waals surface area contributed by atoms with Crippen LogP contribution < -0.4 is 0 Å². The van der Waals surface area contributed by atoms with Gasteiger partial charge in [-0.05, 0) is 70.6 Å². The number of phosphoric ester groups is 2. The van der Waals surface area contributed by atoms with Crippen LogP contribution in [0.5, 0.6) is 0 Å². The lowest BCUT2D eigenvalue weighted by Gasteiger charge is -2.19. The van der Waals surface area contributed by atoms with E-state index in [1.165, 1.54) is 44.9 Å². The molecule has 400 valence electrons. The number of phosphoric acid groups is 2. The van der Waals surface area contributed by atoms with Gasteiger partial charge in [0.25, 0.3) is 0 Å². The molecule has 0 aromatic heterocycles. The van der Waals surface area contributed by atoms with E-state index in [1.807, 2.05) is 66.8 Å². The molecule has 0 aliphatic rings. The zero-order valence-electron chi connectivity index (χ0n) is 42.1. The summed E-state index contributed by atoms with van der Waals surface area (Å²) in [6.45, 7) is 0.162. The fraction of sp³-hybridized carbons (Fsp3) is 0.623. The number of hydrogen-bond acceptors (Lipinski definition) is 13. The van der Waals surface area contributed by atoms with Crippen molar-refractivity contribution in [1.29, 1.82) is 0 Å². The van der Waals surface area contributed by atoms with Gasteiger partial charge in [0.15, 0.2) is 0 Å². The van der Waals surface area contributed by atoms with Crippen molar-refractivity contribution in [3.05, 3.63) is 109 Å². The van der Waals surface area contributed by atoms with Crippen molar-refractivity contribution in [3.8, 4) is 0 Å². The Morgan fingerprint density at radius 3 is 1.13 bits per heavy atom. The summed E-state index contributed by atoms with van der Waals surface area (Å²) in [5, 5.41) is 30.1. The van der Waals surface area contributed by atoms with Gasteiger partial charge in [-0.25, -0.2) is 9.13 Å². The van der Waals surface area contributed by atoms with Gasteiger partial charge in [0, 0.05) is 12.8 Å². The van der Waals surface area contributed by atoms with Gasteiger partial charge in [0.05, 0.1) is 26.4 Å². The van der Waals surface area contributed by atoms with E-state index in [0.717, 1.165) is 70.6 Å². The van der Waals surface area contributed by atoms with Crippen LogP contribution in [0.15, 0.2) is 109 Å². The van der Waals surface area contributed by atoms with E-state index in [1.54, 1.807) is 0 Å². The molecule has 0 radical (unpaired) electrons. The topological polar surface area (TPSA) is 225 Å². The van der Waals surface area contributed by atoms with E-state index in [0.29, 0.717) is 12.8 Å². The standard InChI is InChI=1S/C53H88O15P2/c1-3-5-7-9-11-13-15-17-19-21-22-23-24-26-28-30-32-34-36-38-40-42-53(58)64-44-50(55)46-66-70(61,62)68-48-51(56)47-67-69(59,60)65-45-49(54)43-63-52(57)41-39-37-35-33-31-29-27-25-20-18-16-14-12-10-8-6-4-2/h6,8,10-14,16-20,22-23,25,27,29,31,49-51,54-56H,3-5,7,9,15,21,24,26,28,30,32-48H2,1-2H3,(H,59,60)(H,61,62)/b8-6-,12-10+,13-11-,16-14+,19-17-,20-18-,23-22-,27-25+,31-29+. The molecule has 15 nitrogen and oxygen atoms in total. The summed E-state index contributed by atoms with van der Waals surface area (Å²) >= 11 is 0. The Hall–Kier alpha value is -3.30. The number of unbranched alkanes of at least 4 members (excludes halogenated alkanes) is 14. The van der Waals surface area contributed by atoms with Crippen molar-refractivity contribution in [1.82, 2.24) is 0 Å². The highest BCUT2D eigenvalue weighted by Crippen LogP contribution is 2.45. The highest BCUT2D eigenvalue weighted by molar-refractivity contribution is 7.47. The average Bonchev–Trinajstić information content (AvgIpc) is 3.34. The number of allylic oxidation sites excluding steroid dienone is 18. The lowest BCUT2D eigenvalue weighted by molar-refractivity contribution is -0.148. The Bertz CT molecular complexity index is 1670. The summed E-state index contributed by atoms with van der Waals surface area (Å²) in [7, 11) is -9.61. The van der Waals surface area contributed by atoms with E-state index >= 15 is 0 Å². The first kappa shape index (κ1) is 66.7. The van der Waals surface area contributed by atoms with Crippen LogP contribution in [0, 0.1) is 0 Å². The van der Waals surface area contributed by atoms with Gasteiger partial charge in [0.2, 0.25) is 0 Å². The second-order valence-electron chi connectivity index (χ2n) is 16.6. The van der Waals surface area contributed by atoms with Crippen LogP contribution in [0.3, 0.4) is 0 Å². The molecule has 5 N–H and O–H groups in total. The number of ether oxygens (including phenoxy) is 2. The normalized spacial score (nSPS) is 15.8. The predicted molar refractivity (Wildman–Crippen MR) is 279 cm³/mol. The largest absolute Gasteiger partial charge is 0.472 e. The van der Waals surface area contributed by atoms with Crippen LogP contribution in [0.25, 0.3) is 0 Å². The maximum atomic E-state index is 12.2. The van der Waals surface area contributed by atoms with E-state index < -0.39 is 85.5 Å². The smallest absolute Gasteiger partial charge is 0.463 e. The highest BCUT2D eigenvalue weighted by Gasteiger charge is 2.28. The minimum absolute atomic E-state index is 0.139. The van der Waals surface area contributed by atoms with Gasteiger partial charge in [-0.2, -0.15) is 0 Å². The summed E-state index contributed by atoms with van der Waals surface area (Å²) in [4.78, 5) is 43.8. The van der Waals surface area contributed by atoms with Crippen LogP contribution in [0.4, 0.5) is 0 Å². The lowest BCUT2D eigenvalue weighted by Crippen LogP contribution is -2.25. The maximum Gasteiger partial charge on any atom is 0.472 e. The lowest BCUT2D eigenvalue weighted by atomic mass is 10.1. The Morgan fingerprint density at radius 1 is 0.400 bits per heavy atom. The van der Waals surface area contributed by atoms with E-state index in [9.17, 15) is 43.8 Å². The van der Waals surface area contributed by atoms with Gasteiger partial charge in [-0.15, -0.1) is 0 Å². The first-order valence-corrected chi connectivity index (χ1v) is 28.3. The summed E-state index contributed by atoms with van der Waals surface area (Å²) in [5.41, 5.74) is 0. The van der Waals surface area contributed by atoms with Gasteiger partial charge >= 0.3 is 27.6 Å². The molecule has 0 heterocycles. The summed E-state index contributed by atoms with van der Waals surface area (Å²) < 4.78 is 53.0. The van der Waals surface area contributed by atoms with Crippen LogP contribution in [0.1, 0.15) is 155 Å². The van der Waals surface area contributed by atoms with Crippen molar-refractivity contribution in [2.75, 3.05) is 39.6 Å². The number of esters is 2. The first-order valence-electron chi connectivity index (χ1n) is 25.3. The zero-order chi connectivity index (χ0) is 51.7. The summed E-state index contributed by atoms with van der Waals surface area (Å²) in [6, 6.07) is 0. The quantitative estimate of drug-likeness (QED) is 0.0126. The van der Waals surface area contributed by atoms with E-state index in [4.69, 9.17) is 9.47 Å². The number of carbonyl (C=O) groups is 2. The average molecular weight is 1030 g/mol. The first-order chi connectivity index (χ1) is 33.8. The number of rotatable bonds is 47. The maximum absolute atomic E-state index is 12.2.